The van der Waals surface area contributed by atoms with Gasteiger partial charge in [-0.05, 0) is 6.07 Å². The van der Waals surface area contributed by atoms with E-state index in [1.807, 2.05) is 0 Å². The van der Waals surface area contributed by atoms with E-state index in [0.717, 1.165) is 0 Å². The quantitative estimate of drug-likeness (QED) is 0.473. The third kappa shape index (κ3) is 3.05. The van der Waals surface area contributed by atoms with Crippen LogP contribution in [0.5, 0.6) is 0 Å². The third-order valence-corrected chi connectivity index (χ3v) is 3.81. The lowest BCUT2D eigenvalue weighted by Gasteiger charge is -2.07. The molecule has 102 valence electrons. The minimum absolute atomic E-state index is 0.0482. The number of nitrogens with two attached hydrogens (primary N) is 1. The number of rotatable bonds is 5. The van der Waals surface area contributed by atoms with Gasteiger partial charge in [-0.25, -0.2) is 24.0 Å². The molecule has 19 heavy (non-hydrogen) atoms. The lowest BCUT2D eigenvalue weighted by molar-refractivity contribution is 0.577. The van der Waals surface area contributed by atoms with Crippen molar-refractivity contribution in [2.75, 3.05) is 5.43 Å². The van der Waals surface area contributed by atoms with E-state index in [1.165, 1.54) is 24.7 Å². The second kappa shape index (κ2) is 5.30. The number of pyridine rings is 1. The lowest BCUT2D eigenvalue weighted by atomic mass is 10.5. The standard InChI is InChI=1S/C9H13N7O2S/c1-16-6-12-15-9(16)5-13-19(17,18)7-2-3-11-8(4-7)14-10/h2-4,6,13H,5,10H2,1H3,(H,11,14). The van der Waals surface area contributed by atoms with Gasteiger partial charge in [-0.3, -0.25) is 0 Å². The van der Waals surface area contributed by atoms with Crippen molar-refractivity contribution in [1.29, 1.82) is 0 Å². The topological polar surface area (TPSA) is 128 Å². The molecule has 0 bridgehead atoms. The van der Waals surface area contributed by atoms with Crippen LogP contribution in [-0.4, -0.2) is 28.2 Å². The average molecular weight is 283 g/mol. The number of sulfonamides is 1. The van der Waals surface area contributed by atoms with Gasteiger partial charge < -0.3 is 9.99 Å². The van der Waals surface area contributed by atoms with E-state index in [0.29, 0.717) is 5.82 Å². The number of hydrogen-bond acceptors (Lipinski definition) is 7. The molecule has 0 aliphatic heterocycles. The minimum Gasteiger partial charge on any atom is -0.320 e. The molecule has 0 unspecified atom stereocenters. The van der Waals surface area contributed by atoms with Crippen LogP contribution in [0.4, 0.5) is 5.82 Å². The van der Waals surface area contributed by atoms with Crippen molar-refractivity contribution in [3.05, 3.63) is 30.5 Å². The van der Waals surface area contributed by atoms with E-state index < -0.39 is 10.0 Å². The highest BCUT2D eigenvalue weighted by atomic mass is 32.2. The lowest BCUT2D eigenvalue weighted by Crippen LogP contribution is -2.25. The Bertz CT molecular complexity index is 667. The summed E-state index contributed by atoms with van der Waals surface area (Å²) in [5.41, 5.74) is 2.29. The minimum atomic E-state index is -3.65. The molecule has 4 N–H and O–H groups in total. The van der Waals surface area contributed by atoms with Crippen molar-refractivity contribution in [2.45, 2.75) is 11.4 Å². The number of hydrogen-bond donors (Lipinski definition) is 3. The van der Waals surface area contributed by atoms with E-state index in [9.17, 15) is 8.42 Å². The second-order valence-corrected chi connectivity index (χ2v) is 5.47. The fraction of sp³-hybridized carbons (Fsp3) is 0.222. The molecule has 0 radical (unpaired) electrons. The summed E-state index contributed by atoms with van der Waals surface area (Å²) in [6, 6.07) is 2.71. The fourth-order valence-corrected chi connectivity index (χ4v) is 2.36. The molecule has 0 saturated heterocycles. The van der Waals surface area contributed by atoms with Gasteiger partial charge in [0.05, 0.1) is 11.4 Å². The summed E-state index contributed by atoms with van der Waals surface area (Å²) in [5.74, 6) is 5.96. The Morgan fingerprint density at radius 2 is 2.26 bits per heavy atom. The van der Waals surface area contributed by atoms with Crippen LogP contribution in [0.2, 0.25) is 0 Å². The van der Waals surface area contributed by atoms with E-state index in [4.69, 9.17) is 5.84 Å². The van der Waals surface area contributed by atoms with Gasteiger partial charge in [-0.2, -0.15) is 0 Å². The van der Waals surface area contributed by atoms with Crippen LogP contribution in [0, 0.1) is 0 Å². The highest BCUT2D eigenvalue weighted by molar-refractivity contribution is 7.89. The summed E-state index contributed by atoms with van der Waals surface area (Å²) in [6.45, 7) is 0.0482. The van der Waals surface area contributed by atoms with Crippen LogP contribution in [0.3, 0.4) is 0 Å². The Morgan fingerprint density at radius 3 is 2.89 bits per heavy atom. The van der Waals surface area contributed by atoms with Gasteiger partial charge in [-0.1, -0.05) is 0 Å². The van der Waals surface area contributed by atoms with Crippen molar-refractivity contribution < 1.29 is 8.42 Å². The fourth-order valence-electron chi connectivity index (χ4n) is 1.37. The SMILES string of the molecule is Cn1cnnc1CNS(=O)(=O)c1ccnc(NN)c1. The molecule has 2 heterocycles. The Balaban J connectivity index is 2.16. The molecule has 0 spiro atoms. The van der Waals surface area contributed by atoms with Crippen molar-refractivity contribution >= 4 is 15.8 Å². The molecule has 2 aromatic rings. The first kappa shape index (κ1) is 13.4. The normalized spacial score (nSPS) is 11.5. The van der Waals surface area contributed by atoms with Crippen LogP contribution < -0.4 is 16.0 Å². The molecule has 0 aromatic carbocycles. The summed E-state index contributed by atoms with van der Waals surface area (Å²) < 4.78 is 28.1. The molecule has 9 nitrogen and oxygen atoms in total. The van der Waals surface area contributed by atoms with Gasteiger partial charge >= 0.3 is 0 Å². The zero-order valence-electron chi connectivity index (χ0n) is 10.1. The molecule has 0 amide bonds. The molecule has 10 heteroatoms. The highest BCUT2D eigenvalue weighted by Crippen LogP contribution is 2.11. The molecule has 0 atom stereocenters. The van der Waals surface area contributed by atoms with Crippen molar-refractivity contribution in [2.24, 2.45) is 12.9 Å². The first-order valence-electron chi connectivity index (χ1n) is 5.28. The number of hydrazine groups is 1. The van der Waals surface area contributed by atoms with Crippen LogP contribution in [-0.2, 0) is 23.6 Å². The van der Waals surface area contributed by atoms with Crippen LogP contribution >= 0.6 is 0 Å². The van der Waals surface area contributed by atoms with Crippen molar-refractivity contribution in [1.82, 2.24) is 24.5 Å². The number of aryl methyl sites for hydroxylation is 1. The maximum absolute atomic E-state index is 12.0. The van der Waals surface area contributed by atoms with E-state index in [-0.39, 0.29) is 17.3 Å². The second-order valence-electron chi connectivity index (χ2n) is 3.70. The van der Waals surface area contributed by atoms with Crippen LogP contribution in [0.25, 0.3) is 0 Å². The summed E-state index contributed by atoms with van der Waals surface area (Å²) >= 11 is 0. The number of aromatic nitrogens is 4. The Kier molecular flexibility index (Phi) is 3.74. The van der Waals surface area contributed by atoms with Gasteiger partial charge in [0, 0.05) is 19.3 Å². The zero-order chi connectivity index (χ0) is 13.9. The largest absolute Gasteiger partial charge is 0.320 e. The molecule has 0 aliphatic carbocycles. The maximum atomic E-state index is 12.0. The molecule has 2 aromatic heterocycles. The summed E-state index contributed by atoms with van der Waals surface area (Å²) in [7, 11) is -1.92. The molecular weight excluding hydrogens is 270 g/mol. The van der Waals surface area contributed by atoms with Crippen molar-refractivity contribution in [3.63, 3.8) is 0 Å². The Hall–Kier alpha value is -2.04. The molecule has 0 saturated carbocycles. The molecule has 2 rings (SSSR count). The third-order valence-electron chi connectivity index (χ3n) is 2.42. The summed E-state index contributed by atoms with van der Waals surface area (Å²) in [5, 5.41) is 7.45. The van der Waals surface area contributed by atoms with Crippen molar-refractivity contribution in [3.8, 4) is 0 Å². The number of nitrogens with zero attached hydrogens (tertiary/aromatic N) is 4. The molecule has 0 aliphatic rings. The van der Waals surface area contributed by atoms with Gasteiger partial charge in [0.25, 0.3) is 0 Å². The Labute approximate surface area is 109 Å². The predicted octanol–water partition coefficient (Wildman–Crippen LogP) is -1.03. The van der Waals surface area contributed by atoms with Gasteiger partial charge in [0.2, 0.25) is 10.0 Å². The van der Waals surface area contributed by atoms with Crippen LogP contribution in [0.15, 0.2) is 29.6 Å². The first-order chi connectivity index (χ1) is 9.03. The zero-order valence-corrected chi connectivity index (χ0v) is 10.9. The highest BCUT2D eigenvalue weighted by Gasteiger charge is 2.15. The maximum Gasteiger partial charge on any atom is 0.241 e. The number of anilines is 1. The number of nitrogens with one attached hydrogen (secondary N) is 2. The van der Waals surface area contributed by atoms with Gasteiger partial charge in [0.15, 0.2) is 0 Å². The van der Waals surface area contributed by atoms with E-state index >= 15 is 0 Å². The Morgan fingerprint density at radius 1 is 1.47 bits per heavy atom. The smallest absolute Gasteiger partial charge is 0.241 e. The summed E-state index contributed by atoms with van der Waals surface area (Å²) in [6.07, 6.45) is 2.85. The average Bonchev–Trinajstić information content (AvgIpc) is 2.82. The number of nitrogen functional groups attached to an aromatic ring is 1. The van der Waals surface area contributed by atoms with Gasteiger partial charge in [0.1, 0.15) is 18.0 Å². The van der Waals surface area contributed by atoms with Gasteiger partial charge in [-0.15, -0.1) is 10.2 Å². The first-order valence-corrected chi connectivity index (χ1v) is 6.76. The molecular formula is C9H13N7O2S. The van der Waals surface area contributed by atoms with E-state index in [1.54, 1.807) is 11.6 Å². The van der Waals surface area contributed by atoms with Crippen LogP contribution in [0.1, 0.15) is 5.82 Å². The molecule has 0 fully saturated rings. The predicted molar refractivity (Wildman–Crippen MR) is 67.1 cm³/mol. The monoisotopic (exact) mass is 283 g/mol. The van der Waals surface area contributed by atoms with E-state index in [2.05, 4.69) is 25.3 Å². The summed E-state index contributed by atoms with van der Waals surface area (Å²) in [4.78, 5) is 3.91.